The first-order valence-corrected chi connectivity index (χ1v) is 7.96. The summed E-state index contributed by atoms with van der Waals surface area (Å²) >= 11 is 0. The van der Waals surface area contributed by atoms with Crippen LogP contribution in [-0.2, 0) is 17.6 Å². The molecule has 0 radical (unpaired) electrons. The van der Waals surface area contributed by atoms with E-state index in [1.165, 1.54) is 5.56 Å². The molecule has 23 heavy (non-hydrogen) atoms. The van der Waals surface area contributed by atoms with Crippen molar-refractivity contribution in [3.63, 3.8) is 0 Å². The minimum absolute atomic E-state index is 0.121. The van der Waals surface area contributed by atoms with E-state index in [1.807, 2.05) is 35.2 Å². The molecule has 0 fully saturated rings. The number of nitrogens with zero attached hydrogens (tertiary/aromatic N) is 2. The van der Waals surface area contributed by atoms with Crippen molar-refractivity contribution in [3.8, 4) is 0 Å². The van der Waals surface area contributed by atoms with Gasteiger partial charge in [-0.1, -0.05) is 48.5 Å². The van der Waals surface area contributed by atoms with Gasteiger partial charge < -0.3 is 0 Å². The molecule has 0 bridgehead atoms. The van der Waals surface area contributed by atoms with Crippen molar-refractivity contribution in [1.82, 2.24) is 4.98 Å². The SMILES string of the molecule is Cc1cccc2cc3c(nc12)N(C(=O)Cc1ccccc1)CC3. The number of fused-ring (bicyclic) bond motifs is 2. The Bertz CT molecular complexity index is 887. The highest BCUT2D eigenvalue weighted by molar-refractivity contribution is 5.97. The lowest BCUT2D eigenvalue weighted by molar-refractivity contribution is -0.117. The number of carbonyl (C=O) groups is 1. The normalized spacial score (nSPS) is 13.3. The Balaban J connectivity index is 1.69. The van der Waals surface area contributed by atoms with Crippen LogP contribution in [0.5, 0.6) is 0 Å². The Morgan fingerprint density at radius 2 is 1.96 bits per heavy atom. The monoisotopic (exact) mass is 302 g/mol. The number of hydrogen-bond donors (Lipinski definition) is 0. The molecule has 0 aliphatic carbocycles. The van der Waals surface area contributed by atoms with Gasteiger partial charge in [-0.3, -0.25) is 9.69 Å². The zero-order valence-corrected chi connectivity index (χ0v) is 13.1. The van der Waals surface area contributed by atoms with E-state index in [2.05, 4.69) is 31.2 Å². The molecule has 0 unspecified atom stereocenters. The number of rotatable bonds is 2. The van der Waals surface area contributed by atoms with Gasteiger partial charge in [-0.15, -0.1) is 0 Å². The predicted octanol–water partition coefficient (Wildman–Crippen LogP) is 3.68. The fourth-order valence-electron chi connectivity index (χ4n) is 3.25. The molecule has 3 nitrogen and oxygen atoms in total. The Kier molecular flexibility index (Phi) is 3.34. The first-order chi connectivity index (χ1) is 11.2. The lowest BCUT2D eigenvalue weighted by Gasteiger charge is -2.17. The third-order valence-electron chi connectivity index (χ3n) is 4.46. The van der Waals surface area contributed by atoms with Gasteiger partial charge in [0.2, 0.25) is 5.91 Å². The third-order valence-corrected chi connectivity index (χ3v) is 4.46. The fourth-order valence-corrected chi connectivity index (χ4v) is 3.25. The van der Waals surface area contributed by atoms with E-state index >= 15 is 0 Å². The maximum atomic E-state index is 12.7. The topological polar surface area (TPSA) is 33.2 Å². The molecule has 3 heteroatoms. The number of benzene rings is 2. The molecule has 2 heterocycles. The van der Waals surface area contributed by atoms with E-state index in [9.17, 15) is 4.79 Å². The van der Waals surface area contributed by atoms with Crippen LogP contribution >= 0.6 is 0 Å². The summed E-state index contributed by atoms with van der Waals surface area (Å²) in [6.45, 7) is 2.79. The smallest absolute Gasteiger partial charge is 0.232 e. The average molecular weight is 302 g/mol. The van der Waals surface area contributed by atoms with E-state index in [1.54, 1.807) is 0 Å². The molecule has 0 saturated carbocycles. The first kappa shape index (κ1) is 13.9. The molecule has 114 valence electrons. The largest absolute Gasteiger partial charge is 0.296 e. The molecular weight excluding hydrogens is 284 g/mol. The minimum atomic E-state index is 0.121. The zero-order chi connectivity index (χ0) is 15.8. The summed E-state index contributed by atoms with van der Waals surface area (Å²) in [5.41, 5.74) is 4.35. The van der Waals surface area contributed by atoms with E-state index in [0.29, 0.717) is 6.42 Å². The maximum Gasteiger partial charge on any atom is 0.232 e. The predicted molar refractivity (Wildman–Crippen MR) is 92.7 cm³/mol. The molecule has 1 aromatic heterocycles. The highest BCUT2D eigenvalue weighted by Crippen LogP contribution is 2.30. The van der Waals surface area contributed by atoms with E-state index in [0.717, 1.165) is 40.8 Å². The first-order valence-electron chi connectivity index (χ1n) is 7.96. The summed E-state index contributed by atoms with van der Waals surface area (Å²) in [4.78, 5) is 19.3. The molecule has 4 rings (SSSR count). The second-order valence-corrected chi connectivity index (χ2v) is 6.08. The van der Waals surface area contributed by atoms with Gasteiger partial charge in [-0.25, -0.2) is 4.98 Å². The zero-order valence-electron chi connectivity index (χ0n) is 13.1. The molecule has 1 amide bonds. The van der Waals surface area contributed by atoms with Crippen LogP contribution in [0.3, 0.4) is 0 Å². The molecule has 0 saturated heterocycles. The highest BCUT2D eigenvalue weighted by Gasteiger charge is 2.26. The summed E-state index contributed by atoms with van der Waals surface area (Å²) in [5.74, 6) is 0.961. The minimum Gasteiger partial charge on any atom is -0.296 e. The third kappa shape index (κ3) is 2.48. The second-order valence-electron chi connectivity index (χ2n) is 6.08. The average Bonchev–Trinajstić information content (AvgIpc) is 2.97. The summed E-state index contributed by atoms with van der Waals surface area (Å²) < 4.78 is 0. The van der Waals surface area contributed by atoms with Gasteiger partial charge in [0.15, 0.2) is 0 Å². The summed E-state index contributed by atoms with van der Waals surface area (Å²) in [6.07, 6.45) is 1.31. The molecule has 1 aliphatic rings. The number of aryl methyl sites for hydroxylation is 1. The van der Waals surface area contributed by atoms with Crippen molar-refractivity contribution in [1.29, 1.82) is 0 Å². The number of hydrogen-bond acceptors (Lipinski definition) is 2. The van der Waals surface area contributed by atoms with E-state index in [4.69, 9.17) is 4.98 Å². The van der Waals surface area contributed by atoms with Crippen LogP contribution in [0.25, 0.3) is 10.9 Å². The summed E-state index contributed by atoms with van der Waals surface area (Å²) in [7, 11) is 0. The number of carbonyl (C=O) groups excluding carboxylic acids is 1. The van der Waals surface area contributed by atoms with E-state index < -0.39 is 0 Å². The molecule has 0 atom stereocenters. The Hall–Kier alpha value is -2.68. The molecule has 2 aromatic carbocycles. The van der Waals surface area contributed by atoms with Crippen LogP contribution in [0.1, 0.15) is 16.7 Å². The molecule has 1 aliphatic heterocycles. The van der Waals surface area contributed by atoms with Crippen molar-refractivity contribution >= 4 is 22.6 Å². The lowest BCUT2D eigenvalue weighted by atomic mass is 10.1. The van der Waals surface area contributed by atoms with Crippen LogP contribution in [0.15, 0.2) is 54.6 Å². The standard InChI is InChI=1S/C20H18N2O/c1-14-6-5-9-16-13-17-10-11-22(20(17)21-19(14)16)18(23)12-15-7-3-2-4-8-15/h2-9,13H,10-12H2,1H3. The number of aromatic nitrogens is 1. The Labute approximate surface area is 135 Å². The van der Waals surface area contributed by atoms with Crippen LogP contribution in [0.4, 0.5) is 5.82 Å². The van der Waals surface area contributed by atoms with Crippen molar-refractivity contribution in [2.45, 2.75) is 19.8 Å². The van der Waals surface area contributed by atoms with Gasteiger partial charge in [0, 0.05) is 11.9 Å². The van der Waals surface area contributed by atoms with Crippen LogP contribution in [0, 0.1) is 6.92 Å². The van der Waals surface area contributed by atoms with Gasteiger partial charge in [-0.05, 0) is 36.1 Å². The Morgan fingerprint density at radius 3 is 2.78 bits per heavy atom. The summed E-state index contributed by atoms with van der Waals surface area (Å²) in [6, 6.07) is 18.3. The van der Waals surface area contributed by atoms with E-state index in [-0.39, 0.29) is 5.91 Å². The number of pyridine rings is 1. The molecule has 0 spiro atoms. The van der Waals surface area contributed by atoms with Gasteiger partial charge in [0.05, 0.1) is 11.9 Å². The number of anilines is 1. The van der Waals surface area contributed by atoms with Gasteiger partial charge in [-0.2, -0.15) is 0 Å². The molecule has 0 N–H and O–H groups in total. The van der Waals surface area contributed by atoms with Crippen LogP contribution < -0.4 is 4.90 Å². The van der Waals surface area contributed by atoms with Crippen LogP contribution in [0.2, 0.25) is 0 Å². The molecule has 3 aromatic rings. The van der Waals surface area contributed by atoms with Crippen molar-refractivity contribution in [2.24, 2.45) is 0 Å². The van der Waals surface area contributed by atoms with Gasteiger partial charge in [0.1, 0.15) is 5.82 Å². The molecular formula is C20H18N2O. The van der Waals surface area contributed by atoms with Crippen LogP contribution in [-0.4, -0.2) is 17.4 Å². The lowest BCUT2D eigenvalue weighted by Crippen LogP contribution is -2.31. The fraction of sp³-hybridized carbons (Fsp3) is 0.200. The van der Waals surface area contributed by atoms with Crippen molar-refractivity contribution in [2.75, 3.05) is 11.4 Å². The quantitative estimate of drug-likeness (QED) is 0.723. The highest BCUT2D eigenvalue weighted by atomic mass is 16.2. The Morgan fingerprint density at radius 1 is 1.13 bits per heavy atom. The van der Waals surface area contributed by atoms with Crippen molar-refractivity contribution < 1.29 is 4.79 Å². The van der Waals surface area contributed by atoms with Gasteiger partial charge in [0.25, 0.3) is 0 Å². The second kappa shape index (κ2) is 5.51. The van der Waals surface area contributed by atoms with Gasteiger partial charge >= 0.3 is 0 Å². The maximum absolute atomic E-state index is 12.7. The van der Waals surface area contributed by atoms with Crippen molar-refractivity contribution in [3.05, 3.63) is 71.3 Å². The number of amides is 1. The number of para-hydroxylation sites is 1. The summed E-state index contributed by atoms with van der Waals surface area (Å²) in [5, 5.41) is 1.15.